The van der Waals surface area contributed by atoms with Gasteiger partial charge in [0, 0.05) is 32.4 Å². The summed E-state index contributed by atoms with van der Waals surface area (Å²) in [6, 6.07) is 6.22. The van der Waals surface area contributed by atoms with E-state index in [4.69, 9.17) is 4.74 Å². The van der Waals surface area contributed by atoms with Gasteiger partial charge in [0.05, 0.1) is 0 Å². The van der Waals surface area contributed by atoms with E-state index < -0.39 is 6.36 Å². The van der Waals surface area contributed by atoms with E-state index in [2.05, 4.69) is 10.1 Å². The van der Waals surface area contributed by atoms with E-state index in [1.54, 1.807) is 19.2 Å². The number of benzene rings is 1. The van der Waals surface area contributed by atoms with Gasteiger partial charge >= 0.3 is 6.36 Å². The molecule has 1 N–H and O–H groups in total. The number of methoxy groups -OCH3 is 1. The molecule has 1 saturated carbocycles. The van der Waals surface area contributed by atoms with Crippen LogP contribution in [0.5, 0.6) is 5.75 Å². The molecule has 1 fully saturated rings. The predicted octanol–water partition coefficient (Wildman–Crippen LogP) is 3.49. The number of rotatable bonds is 8. The fourth-order valence-electron chi connectivity index (χ4n) is 2.35. The molecule has 2 rings (SSSR count). The number of para-hydroxylation sites is 1. The average Bonchev–Trinajstić information content (AvgIpc) is 3.17. The molecule has 21 heavy (non-hydrogen) atoms. The monoisotopic (exact) mass is 303 g/mol. The van der Waals surface area contributed by atoms with Gasteiger partial charge in [0.15, 0.2) is 0 Å². The van der Waals surface area contributed by atoms with Crippen LogP contribution in [0.15, 0.2) is 24.3 Å². The first-order valence-corrected chi connectivity index (χ1v) is 6.97. The van der Waals surface area contributed by atoms with Gasteiger partial charge in [0.25, 0.3) is 0 Å². The SMILES string of the molecule is COCCC1(CNCc2ccccc2OC(F)(F)F)CC1. The molecular formula is C15H20F3NO2. The van der Waals surface area contributed by atoms with E-state index in [1.165, 1.54) is 12.1 Å². The molecule has 0 bridgehead atoms. The maximum Gasteiger partial charge on any atom is 0.573 e. The van der Waals surface area contributed by atoms with E-state index in [0.717, 1.165) is 32.4 Å². The molecule has 1 aromatic rings. The quantitative estimate of drug-likeness (QED) is 0.797. The Bertz CT molecular complexity index is 458. The molecular weight excluding hydrogens is 283 g/mol. The molecule has 0 radical (unpaired) electrons. The fraction of sp³-hybridized carbons (Fsp3) is 0.600. The highest BCUT2D eigenvalue weighted by molar-refractivity contribution is 5.33. The topological polar surface area (TPSA) is 30.5 Å². The lowest BCUT2D eigenvalue weighted by Gasteiger charge is -2.17. The van der Waals surface area contributed by atoms with E-state index in [1.807, 2.05) is 0 Å². The molecule has 3 nitrogen and oxygen atoms in total. The predicted molar refractivity (Wildman–Crippen MR) is 73.0 cm³/mol. The maximum atomic E-state index is 12.3. The largest absolute Gasteiger partial charge is 0.573 e. The van der Waals surface area contributed by atoms with Crippen molar-refractivity contribution in [3.05, 3.63) is 29.8 Å². The number of alkyl halides is 3. The fourth-order valence-corrected chi connectivity index (χ4v) is 2.35. The second-order valence-electron chi connectivity index (χ2n) is 5.50. The Hall–Kier alpha value is -1.27. The van der Waals surface area contributed by atoms with Crippen LogP contribution in [0, 0.1) is 5.41 Å². The van der Waals surface area contributed by atoms with Gasteiger partial charge in [-0.2, -0.15) is 0 Å². The Morgan fingerprint density at radius 1 is 1.24 bits per heavy atom. The van der Waals surface area contributed by atoms with Crippen molar-refractivity contribution in [3.8, 4) is 5.75 Å². The summed E-state index contributed by atoms with van der Waals surface area (Å²) in [5.74, 6) is -0.140. The van der Waals surface area contributed by atoms with Gasteiger partial charge in [0.2, 0.25) is 0 Å². The van der Waals surface area contributed by atoms with Crippen LogP contribution in [-0.4, -0.2) is 26.6 Å². The minimum absolute atomic E-state index is 0.140. The van der Waals surface area contributed by atoms with Crippen molar-refractivity contribution in [1.29, 1.82) is 0 Å². The first kappa shape index (κ1) is 16.1. The van der Waals surface area contributed by atoms with Gasteiger partial charge in [-0.25, -0.2) is 0 Å². The molecule has 0 heterocycles. The molecule has 0 saturated heterocycles. The van der Waals surface area contributed by atoms with Gasteiger partial charge in [-0.3, -0.25) is 0 Å². The van der Waals surface area contributed by atoms with Gasteiger partial charge in [-0.15, -0.1) is 13.2 Å². The molecule has 1 aromatic carbocycles. The van der Waals surface area contributed by atoms with Crippen LogP contribution in [-0.2, 0) is 11.3 Å². The third-order valence-corrected chi connectivity index (χ3v) is 3.81. The maximum absolute atomic E-state index is 12.3. The second-order valence-corrected chi connectivity index (χ2v) is 5.50. The van der Waals surface area contributed by atoms with Crippen molar-refractivity contribution >= 4 is 0 Å². The zero-order chi connectivity index (χ0) is 15.3. The summed E-state index contributed by atoms with van der Waals surface area (Å²) < 4.78 is 46.1. The molecule has 0 amide bonds. The molecule has 0 aliphatic heterocycles. The average molecular weight is 303 g/mol. The molecule has 118 valence electrons. The summed E-state index contributed by atoms with van der Waals surface area (Å²) in [5, 5.41) is 3.24. The van der Waals surface area contributed by atoms with Gasteiger partial charge < -0.3 is 14.8 Å². The van der Waals surface area contributed by atoms with Gasteiger partial charge in [-0.05, 0) is 30.7 Å². The summed E-state index contributed by atoms with van der Waals surface area (Å²) in [5.41, 5.74) is 0.771. The van der Waals surface area contributed by atoms with Crippen molar-refractivity contribution < 1.29 is 22.6 Å². The van der Waals surface area contributed by atoms with E-state index in [0.29, 0.717) is 12.1 Å². The molecule has 0 atom stereocenters. The summed E-state index contributed by atoms with van der Waals surface area (Å²) in [6.07, 6.45) is -1.39. The third kappa shape index (κ3) is 5.21. The summed E-state index contributed by atoms with van der Waals surface area (Å²) in [4.78, 5) is 0. The van der Waals surface area contributed by atoms with Crippen LogP contribution in [0.4, 0.5) is 13.2 Å². The van der Waals surface area contributed by atoms with Crippen LogP contribution < -0.4 is 10.1 Å². The number of hydrogen-bond donors (Lipinski definition) is 1. The Balaban J connectivity index is 1.86. The van der Waals surface area contributed by atoms with Crippen molar-refractivity contribution in [2.24, 2.45) is 5.41 Å². The van der Waals surface area contributed by atoms with Crippen LogP contribution in [0.2, 0.25) is 0 Å². The van der Waals surface area contributed by atoms with Gasteiger partial charge in [-0.1, -0.05) is 18.2 Å². The smallest absolute Gasteiger partial charge is 0.405 e. The first-order chi connectivity index (χ1) is 9.94. The second kappa shape index (κ2) is 6.66. The van der Waals surface area contributed by atoms with Crippen LogP contribution in [0.1, 0.15) is 24.8 Å². The Morgan fingerprint density at radius 2 is 1.95 bits per heavy atom. The Labute approximate surface area is 122 Å². The summed E-state index contributed by atoms with van der Waals surface area (Å²) in [7, 11) is 1.67. The lowest BCUT2D eigenvalue weighted by molar-refractivity contribution is -0.274. The molecule has 6 heteroatoms. The number of halogens is 3. The van der Waals surface area contributed by atoms with E-state index >= 15 is 0 Å². The minimum Gasteiger partial charge on any atom is -0.405 e. The van der Waals surface area contributed by atoms with E-state index in [9.17, 15) is 13.2 Å². The van der Waals surface area contributed by atoms with Crippen molar-refractivity contribution in [2.75, 3.05) is 20.3 Å². The number of ether oxygens (including phenoxy) is 2. The highest BCUT2D eigenvalue weighted by Crippen LogP contribution is 2.48. The summed E-state index contributed by atoms with van der Waals surface area (Å²) in [6.45, 7) is 1.87. The Morgan fingerprint density at radius 3 is 2.57 bits per heavy atom. The number of nitrogens with one attached hydrogen (secondary N) is 1. The van der Waals surface area contributed by atoms with Crippen molar-refractivity contribution in [2.45, 2.75) is 32.2 Å². The molecule has 1 aliphatic carbocycles. The third-order valence-electron chi connectivity index (χ3n) is 3.81. The number of hydrogen-bond acceptors (Lipinski definition) is 3. The zero-order valence-electron chi connectivity index (χ0n) is 12.0. The van der Waals surface area contributed by atoms with Crippen molar-refractivity contribution in [3.63, 3.8) is 0 Å². The van der Waals surface area contributed by atoms with Crippen LogP contribution in [0.25, 0.3) is 0 Å². The molecule has 0 spiro atoms. The lowest BCUT2D eigenvalue weighted by Crippen LogP contribution is -2.25. The standard InChI is InChI=1S/C15H20F3NO2/c1-20-9-8-14(6-7-14)11-19-10-12-4-2-3-5-13(12)21-15(16,17)18/h2-5,19H,6-11H2,1H3. The van der Waals surface area contributed by atoms with Crippen LogP contribution in [0.3, 0.4) is 0 Å². The molecule has 0 aromatic heterocycles. The van der Waals surface area contributed by atoms with E-state index in [-0.39, 0.29) is 11.2 Å². The molecule has 1 aliphatic rings. The first-order valence-electron chi connectivity index (χ1n) is 6.97. The minimum atomic E-state index is -4.66. The lowest BCUT2D eigenvalue weighted by atomic mass is 10.0. The summed E-state index contributed by atoms with van der Waals surface area (Å²) >= 11 is 0. The normalized spacial score (nSPS) is 16.8. The van der Waals surface area contributed by atoms with Crippen molar-refractivity contribution in [1.82, 2.24) is 5.32 Å². The van der Waals surface area contributed by atoms with Crippen LogP contribution >= 0.6 is 0 Å². The van der Waals surface area contributed by atoms with Gasteiger partial charge in [0.1, 0.15) is 5.75 Å². The Kier molecular flexibility index (Phi) is 5.11. The molecule has 0 unspecified atom stereocenters. The zero-order valence-corrected chi connectivity index (χ0v) is 12.0. The highest BCUT2D eigenvalue weighted by atomic mass is 19.4. The highest BCUT2D eigenvalue weighted by Gasteiger charge is 2.41.